The minimum Gasteiger partial charge on any atom is -0.514 e. The summed E-state index contributed by atoms with van der Waals surface area (Å²) in [6.07, 6.45) is 0. The molecule has 4 nitrogen and oxygen atoms in total. The number of benzene rings is 1. The van der Waals surface area contributed by atoms with Crippen molar-refractivity contribution in [3.63, 3.8) is 0 Å². The molecule has 0 aliphatic rings. The second-order valence-electron chi connectivity index (χ2n) is 8.97. The summed E-state index contributed by atoms with van der Waals surface area (Å²) in [6, 6.07) is 8.45. The molecule has 28 heavy (non-hydrogen) atoms. The van der Waals surface area contributed by atoms with Crippen LogP contribution in [0.15, 0.2) is 24.3 Å². The summed E-state index contributed by atoms with van der Waals surface area (Å²) in [5.74, 6) is -0.433. The summed E-state index contributed by atoms with van der Waals surface area (Å²) in [6.45, 7) is 20.1. The van der Waals surface area contributed by atoms with Crippen LogP contribution in [-0.4, -0.2) is 28.6 Å². The summed E-state index contributed by atoms with van der Waals surface area (Å²) in [7, 11) is -5.00. The number of carbonyl (C=O) groups excluding carboxylic acids is 2. The maximum atomic E-state index is 11.9. The lowest BCUT2D eigenvalue weighted by Gasteiger charge is -2.40. The van der Waals surface area contributed by atoms with Crippen LogP contribution in [-0.2, 0) is 18.4 Å². The van der Waals surface area contributed by atoms with Gasteiger partial charge < -0.3 is 8.85 Å². The summed E-state index contributed by atoms with van der Waals surface area (Å²) in [5.41, 5.74) is 1.03. The Hall–Kier alpha value is -1.41. The third-order valence-corrected chi connectivity index (χ3v) is 16.4. The van der Waals surface area contributed by atoms with Gasteiger partial charge in [0.2, 0.25) is 0 Å². The van der Waals surface area contributed by atoms with Crippen molar-refractivity contribution in [2.24, 2.45) is 0 Å². The highest BCUT2D eigenvalue weighted by Gasteiger charge is 2.49. The smallest absolute Gasteiger partial charge is 0.291 e. The predicted octanol–water partition coefficient (Wildman–Crippen LogP) is 4.76. The zero-order chi connectivity index (χ0) is 21.9. The Labute approximate surface area is 173 Å². The molecule has 0 amide bonds. The Morgan fingerprint density at radius 2 is 0.821 bits per heavy atom. The van der Waals surface area contributed by atoms with Gasteiger partial charge in [-0.25, -0.2) is 0 Å². The lowest BCUT2D eigenvalue weighted by molar-refractivity contribution is -0.133. The van der Waals surface area contributed by atoms with Crippen LogP contribution in [0.1, 0.15) is 69.2 Å². The van der Waals surface area contributed by atoms with Crippen molar-refractivity contribution in [3.8, 4) is 0 Å². The van der Waals surface area contributed by atoms with Crippen molar-refractivity contribution in [2.45, 2.75) is 91.4 Å². The zero-order valence-electron chi connectivity index (χ0n) is 19.3. The van der Waals surface area contributed by atoms with E-state index in [0.29, 0.717) is 0 Å². The monoisotopic (exact) mass is 422 g/mol. The Bertz CT molecular complexity index is 603. The van der Waals surface area contributed by atoms with Crippen LogP contribution in [0.25, 0.3) is 0 Å². The van der Waals surface area contributed by atoms with E-state index in [4.69, 9.17) is 8.85 Å². The van der Waals surface area contributed by atoms with E-state index < -0.39 is 16.6 Å². The standard InChI is InChI=1S/C22H38O4Si2/c1-15(2)27(16(3)4,25-19(9)23)21-11-13-22(14-12-21)28(17(5)6,18(7)8)26-20(10)24/h11-18H,1-10H3. The van der Waals surface area contributed by atoms with Crippen LogP contribution in [0.4, 0.5) is 0 Å². The first-order valence-corrected chi connectivity index (χ1v) is 14.4. The van der Waals surface area contributed by atoms with E-state index in [0.717, 1.165) is 10.4 Å². The molecule has 1 aromatic rings. The highest BCUT2D eigenvalue weighted by atomic mass is 28.4. The molecular weight excluding hydrogens is 384 g/mol. The number of carbonyl (C=O) groups is 2. The van der Waals surface area contributed by atoms with E-state index >= 15 is 0 Å². The average Bonchev–Trinajstić information content (AvgIpc) is 2.56. The highest BCUT2D eigenvalue weighted by Crippen LogP contribution is 2.35. The fourth-order valence-corrected chi connectivity index (χ4v) is 13.6. The van der Waals surface area contributed by atoms with Crippen LogP contribution < -0.4 is 10.4 Å². The maximum absolute atomic E-state index is 11.9. The Morgan fingerprint density at radius 1 is 0.607 bits per heavy atom. The molecule has 0 saturated carbocycles. The van der Waals surface area contributed by atoms with E-state index in [1.165, 1.54) is 13.8 Å². The number of rotatable bonds is 8. The molecule has 0 atom stereocenters. The van der Waals surface area contributed by atoms with Gasteiger partial charge in [-0.05, 0) is 32.5 Å². The van der Waals surface area contributed by atoms with Crippen molar-refractivity contribution < 1.29 is 18.4 Å². The van der Waals surface area contributed by atoms with Gasteiger partial charge in [0.25, 0.3) is 28.6 Å². The first-order valence-electron chi connectivity index (χ1n) is 10.3. The first kappa shape index (κ1) is 24.6. The van der Waals surface area contributed by atoms with Gasteiger partial charge in [0.15, 0.2) is 0 Å². The van der Waals surface area contributed by atoms with Crippen molar-refractivity contribution in [1.82, 2.24) is 0 Å². The largest absolute Gasteiger partial charge is 0.514 e. The van der Waals surface area contributed by atoms with Crippen molar-refractivity contribution in [3.05, 3.63) is 24.3 Å². The molecule has 1 aromatic carbocycles. The Kier molecular flexibility index (Phi) is 8.26. The predicted molar refractivity (Wildman–Crippen MR) is 121 cm³/mol. The van der Waals surface area contributed by atoms with Gasteiger partial charge in [0.1, 0.15) is 0 Å². The number of hydrogen-bond acceptors (Lipinski definition) is 4. The molecule has 1 rings (SSSR count). The third-order valence-electron chi connectivity index (χ3n) is 5.84. The molecule has 0 heterocycles. The molecule has 0 fully saturated rings. The summed E-state index contributed by atoms with van der Waals surface area (Å²) >= 11 is 0. The second-order valence-corrected chi connectivity index (χ2v) is 18.3. The van der Waals surface area contributed by atoms with Gasteiger partial charge in [0, 0.05) is 13.8 Å². The van der Waals surface area contributed by atoms with Gasteiger partial charge in [0.05, 0.1) is 0 Å². The van der Waals surface area contributed by atoms with Crippen LogP contribution in [0, 0.1) is 0 Å². The topological polar surface area (TPSA) is 52.6 Å². The van der Waals surface area contributed by atoms with Crippen LogP contribution in [0.5, 0.6) is 0 Å². The molecule has 0 aromatic heterocycles. The van der Waals surface area contributed by atoms with E-state index in [1.807, 2.05) is 0 Å². The van der Waals surface area contributed by atoms with Crippen molar-refractivity contribution in [2.75, 3.05) is 0 Å². The van der Waals surface area contributed by atoms with E-state index in [-0.39, 0.29) is 34.1 Å². The second kappa shape index (κ2) is 9.39. The average molecular weight is 423 g/mol. The molecular formula is C22H38O4Si2. The van der Waals surface area contributed by atoms with E-state index in [2.05, 4.69) is 79.7 Å². The molecule has 0 radical (unpaired) electrons. The summed E-state index contributed by atoms with van der Waals surface area (Å²) in [5, 5.41) is 2.24. The van der Waals surface area contributed by atoms with Crippen molar-refractivity contribution >= 4 is 38.9 Å². The molecule has 158 valence electrons. The molecule has 0 unspecified atom stereocenters. The fourth-order valence-electron chi connectivity index (χ4n) is 4.72. The lowest BCUT2D eigenvalue weighted by atomic mass is 10.4. The van der Waals surface area contributed by atoms with Crippen molar-refractivity contribution in [1.29, 1.82) is 0 Å². The van der Waals surface area contributed by atoms with E-state index in [9.17, 15) is 9.59 Å². The fraction of sp³-hybridized carbons (Fsp3) is 0.636. The van der Waals surface area contributed by atoms with Gasteiger partial charge >= 0.3 is 0 Å². The molecule has 0 bridgehead atoms. The summed E-state index contributed by atoms with van der Waals surface area (Å²) in [4.78, 5) is 23.9. The Morgan fingerprint density at radius 3 is 0.964 bits per heavy atom. The Balaban J connectivity index is 3.59. The maximum Gasteiger partial charge on any atom is 0.291 e. The van der Waals surface area contributed by atoms with Crippen LogP contribution >= 0.6 is 0 Å². The van der Waals surface area contributed by atoms with Gasteiger partial charge in [-0.2, -0.15) is 0 Å². The minimum absolute atomic E-state index is 0.217. The minimum atomic E-state index is -2.50. The molecule has 6 heteroatoms. The molecule has 0 aliphatic carbocycles. The van der Waals surface area contributed by atoms with Crippen LogP contribution in [0.2, 0.25) is 22.2 Å². The molecule has 0 saturated heterocycles. The zero-order valence-corrected chi connectivity index (χ0v) is 21.3. The number of hydrogen-bond donors (Lipinski definition) is 0. The van der Waals surface area contributed by atoms with Gasteiger partial charge in [-0.1, -0.05) is 79.7 Å². The first-order chi connectivity index (χ1) is 12.8. The van der Waals surface area contributed by atoms with Gasteiger partial charge in [-0.3, -0.25) is 9.59 Å². The normalized spacial score (nSPS) is 12.8. The van der Waals surface area contributed by atoms with E-state index in [1.54, 1.807) is 0 Å². The molecule has 0 N–H and O–H groups in total. The molecule has 0 aliphatic heterocycles. The quantitative estimate of drug-likeness (QED) is 0.567. The third kappa shape index (κ3) is 4.59. The molecule has 0 spiro atoms. The SMILES string of the molecule is CC(=O)O[Si](c1ccc([Si](OC(C)=O)(C(C)C)C(C)C)cc1)(C(C)C)C(C)C. The summed E-state index contributed by atoms with van der Waals surface area (Å²) < 4.78 is 12.1. The highest BCUT2D eigenvalue weighted by molar-refractivity contribution is 6.91. The van der Waals surface area contributed by atoms with Gasteiger partial charge in [-0.15, -0.1) is 0 Å². The lowest BCUT2D eigenvalue weighted by Crippen LogP contribution is -2.59. The van der Waals surface area contributed by atoms with Crippen LogP contribution in [0.3, 0.4) is 0 Å².